The molecule has 46 valence electrons. The Morgan fingerprint density at radius 2 is 2.38 bits per heavy atom. The first kappa shape index (κ1) is 6.98. The van der Waals surface area contributed by atoms with Crippen LogP contribution in [0, 0.1) is 0 Å². The van der Waals surface area contributed by atoms with Crippen molar-refractivity contribution in [2.24, 2.45) is 0 Å². The monoisotopic (exact) mass is 299 g/mol. The van der Waals surface area contributed by atoms with Crippen molar-refractivity contribution in [1.29, 1.82) is 0 Å². The molecular formula is C5H9NSW. The standard InChI is InChI=1S/C5H9NS.W/c1-2-4-6-7-5-3-1;/h6H,1-3,5H2;. The molecule has 0 aromatic carbocycles. The molecule has 0 radical (unpaired) electrons. The van der Waals surface area contributed by atoms with Crippen molar-refractivity contribution in [2.75, 3.05) is 5.75 Å². The summed E-state index contributed by atoms with van der Waals surface area (Å²) in [7, 11) is 0. The molecule has 1 N–H and O–H groups in total. The number of hydrogen-bond donors (Lipinski definition) is 1. The van der Waals surface area contributed by atoms with Crippen LogP contribution in [0.25, 0.3) is 0 Å². The van der Waals surface area contributed by atoms with Crippen LogP contribution in [0.3, 0.4) is 0 Å². The van der Waals surface area contributed by atoms with Gasteiger partial charge in [-0.15, -0.1) is 0 Å². The normalized spacial score (nSPS) is 22.8. The van der Waals surface area contributed by atoms with Gasteiger partial charge in [-0.3, -0.25) is 0 Å². The Bertz CT molecular complexity index is 84.4. The zero-order valence-electron chi connectivity index (χ0n) is 4.64. The van der Waals surface area contributed by atoms with E-state index in [1.807, 2.05) is 11.9 Å². The molecule has 1 heterocycles. The van der Waals surface area contributed by atoms with Crippen LogP contribution < -0.4 is 4.72 Å². The predicted molar refractivity (Wildman–Crippen MR) is 34.5 cm³/mol. The second-order valence-corrected chi connectivity index (χ2v) is 4.50. The molecule has 0 aromatic heterocycles. The van der Waals surface area contributed by atoms with Gasteiger partial charge in [0, 0.05) is 0 Å². The van der Waals surface area contributed by atoms with Crippen LogP contribution in [0.4, 0.5) is 0 Å². The van der Waals surface area contributed by atoms with E-state index >= 15 is 0 Å². The van der Waals surface area contributed by atoms with Crippen LogP contribution in [0.2, 0.25) is 0 Å². The topological polar surface area (TPSA) is 12.0 Å². The third-order valence-electron chi connectivity index (χ3n) is 1.09. The summed E-state index contributed by atoms with van der Waals surface area (Å²) in [6.07, 6.45) is 4.08. The SMILES string of the molecule is [W]=[C]1CCCCSN1. The number of rotatable bonds is 0. The van der Waals surface area contributed by atoms with Crippen molar-refractivity contribution in [1.82, 2.24) is 4.72 Å². The van der Waals surface area contributed by atoms with E-state index in [-0.39, 0.29) is 0 Å². The maximum absolute atomic E-state index is 3.31. The molecule has 0 aliphatic carbocycles. The Hall–Kier alpha value is 0.868. The van der Waals surface area contributed by atoms with Crippen LogP contribution in [0.5, 0.6) is 0 Å². The van der Waals surface area contributed by atoms with Crippen molar-refractivity contribution in [3.05, 3.63) is 0 Å². The number of hydrogen-bond acceptors (Lipinski definition) is 2. The van der Waals surface area contributed by atoms with E-state index in [0.29, 0.717) is 0 Å². The summed E-state index contributed by atoms with van der Waals surface area (Å²) in [5, 5.41) is 0. The molecule has 1 saturated heterocycles. The van der Waals surface area contributed by atoms with E-state index in [4.69, 9.17) is 0 Å². The Labute approximate surface area is 65.2 Å². The van der Waals surface area contributed by atoms with Gasteiger partial charge in [-0.2, -0.15) is 0 Å². The van der Waals surface area contributed by atoms with E-state index in [1.54, 1.807) is 19.4 Å². The van der Waals surface area contributed by atoms with Gasteiger partial charge < -0.3 is 0 Å². The Morgan fingerprint density at radius 1 is 1.50 bits per heavy atom. The van der Waals surface area contributed by atoms with Crippen LogP contribution >= 0.6 is 11.9 Å². The molecule has 1 rings (SSSR count). The molecule has 1 aliphatic rings. The van der Waals surface area contributed by atoms with Gasteiger partial charge in [0.05, 0.1) is 0 Å². The summed E-state index contributed by atoms with van der Waals surface area (Å²) in [5.74, 6) is 1.29. The average molecular weight is 299 g/mol. The van der Waals surface area contributed by atoms with Gasteiger partial charge in [0.2, 0.25) is 0 Å². The number of nitrogens with one attached hydrogen (secondary N) is 1. The molecule has 1 aliphatic heterocycles. The van der Waals surface area contributed by atoms with Gasteiger partial charge in [0.25, 0.3) is 0 Å². The fourth-order valence-corrected chi connectivity index (χ4v) is 2.51. The summed E-state index contributed by atoms with van der Waals surface area (Å²) in [6, 6.07) is 0. The fraction of sp³-hybridized carbons (Fsp3) is 0.800. The summed E-state index contributed by atoms with van der Waals surface area (Å²) in [4.78, 5) is 0. The molecule has 3 heteroatoms. The fourth-order valence-electron chi connectivity index (χ4n) is 0.642. The first-order chi connectivity index (χ1) is 3.89. The van der Waals surface area contributed by atoms with Gasteiger partial charge in [-0.05, 0) is 0 Å². The molecule has 0 aromatic rings. The Balaban J connectivity index is 2.27. The van der Waals surface area contributed by atoms with Crippen LogP contribution in [0.1, 0.15) is 19.3 Å². The van der Waals surface area contributed by atoms with Gasteiger partial charge >= 0.3 is 65.1 Å². The zero-order chi connectivity index (χ0) is 5.82. The zero-order valence-corrected chi connectivity index (χ0v) is 8.39. The van der Waals surface area contributed by atoms with E-state index in [2.05, 4.69) is 4.72 Å². The minimum absolute atomic E-state index is 1.29. The van der Waals surface area contributed by atoms with E-state index in [1.165, 1.54) is 29.0 Å². The quantitative estimate of drug-likeness (QED) is 0.672. The average Bonchev–Trinajstić information content (AvgIpc) is 1.94. The summed E-state index contributed by atoms with van der Waals surface area (Å²) in [6.45, 7) is 0. The molecule has 8 heavy (non-hydrogen) atoms. The van der Waals surface area contributed by atoms with Crippen LogP contribution in [0.15, 0.2) is 0 Å². The van der Waals surface area contributed by atoms with Gasteiger partial charge in [0.1, 0.15) is 0 Å². The van der Waals surface area contributed by atoms with Gasteiger partial charge in [0.15, 0.2) is 0 Å². The van der Waals surface area contributed by atoms with E-state index < -0.39 is 0 Å². The second kappa shape index (κ2) is 3.81. The van der Waals surface area contributed by atoms with E-state index in [9.17, 15) is 0 Å². The minimum atomic E-state index is 1.29. The van der Waals surface area contributed by atoms with Crippen molar-refractivity contribution in [2.45, 2.75) is 19.3 Å². The summed E-state index contributed by atoms with van der Waals surface area (Å²) >= 11 is 3.46. The van der Waals surface area contributed by atoms with E-state index in [0.717, 1.165) is 0 Å². The molecule has 0 atom stereocenters. The van der Waals surface area contributed by atoms with Crippen LogP contribution in [-0.2, 0) is 19.4 Å². The third-order valence-corrected chi connectivity index (χ3v) is 3.58. The molecule has 0 bridgehead atoms. The molecule has 0 saturated carbocycles. The summed E-state index contributed by atoms with van der Waals surface area (Å²) in [5.41, 5.74) is 0. The molecule has 0 spiro atoms. The molecular weight excluding hydrogens is 290 g/mol. The Kier molecular flexibility index (Phi) is 3.33. The van der Waals surface area contributed by atoms with Gasteiger partial charge in [-0.1, -0.05) is 0 Å². The first-order valence-corrected chi connectivity index (χ1v) is 5.25. The predicted octanol–water partition coefficient (Wildman–Crippen LogP) is 1.08. The maximum atomic E-state index is 3.31. The molecule has 1 nitrogen and oxygen atoms in total. The first-order valence-electron chi connectivity index (χ1n) is 2.80. The third kappa shape index (κ3) is 2.43. The van der Waals surface area contributed by atoms with Crippen molar-refractivity contribution < 1.29 is 19.4 Å². The molecule has 0 unspecified atom stereocenters. The van der Waals surface area contributed by atoms with Gasteiger partial charge in [-0.25, -0.2) is 0 Å². The van der Waals surface area contributed by atoms with Crippen molar-refractivity contribution in [3.63, 3.8) is 0 Å². The molecule has 1 fully saturated rings. The second-order valence-electron chi connectivity index (χ2n) is 1.83. The van der Waals surface area contributed by atoms with Crippen molar-refractivity contribution in [3.8, 4) is 0 Å². The van der Waals surface area contributed by atoms with Crippen molar-refractivity contribution >= 4 is 16.0 Å². The summed E-state index contributed by atoms with van der Waals surface area (Å²) < 4.78 is 4.84. The molecule has 0 amide bonds. The Morgan fingerprint density at radius 3 is 3.25 bits per heavy atom. The van der Waals surface area contributed by atoms with Crippen LogP contribution in [-0.4, -0.2) is 9.77 Å².